The summed E-state index contributed by atoms with van der Waals surface area (Å²) in [4.78, 5) is 0. The van der Waals surface area contributed by atoms with Crippen molar-refractivity contribution in [3.63, 3.8) is 0 Å². The molecular weight excluding hydrogens is 339 g/mol. The Morgan fingerprint density at radius 1 is 1.28 bits per heavy atom. The third-order valence-electron chi connectivity index (χ3n) is 4.07. The lowest BCUT2D eigenvalue weighted by molar-refractivity contribution is 0.0693. The largest absolute Gasteiger partial charge is 0.497 e. The minimum absolute atomic E-state index is 0.0155. The summed E-state index contributed by atoms with van der Waals surface area (Å²) >= 11 is 5.40. The highest BCUT2D eigenvalue weighted by atomic mass is 32.1. The Bertz CT molecular complexity index is 795. The Kier molecular flexibility index (Phi) is 4.81. The van der Waals surface area contributed by atoms with Gasteiger partial charge in [0.15, 0.2) is 5.11 Å². The molecule has 2 N–H and O–H groups in total. The van der Waals surface area contributed by atoms with Crippen LogP contribution in [0.25, 0.3) is 0 Å². The summed E-state index contributed by atoms with van der Waals surface area (Å²) in [6.07, 6.45) is 0.747. The Morgan fingerprint density at radius 2 is 2.08 bits per heavy atom. The van der Waals surface area contributed by atoms with Crippen LogP contribution >= 0.6 is 12.2 Å². The summed E-state index contributed by atoms with van der Waals surface area (Å²) in [5, 5.41) is 6.78. The number of methoxy groups -OCH3 is 1. The van der Waals surface area contributed by atoms with Gasteiger partial charge in [-0.05, 0) is 56.4 Å². The van der Waals surface area contributed by atoms with E-state index in [2.05, 4.69) is 10.6 Å². The topological polar surface area (TPSA) is 42.5 Å². The Hall–Kier alpha value is -2.34. The summed E-state index contributed by atoms with van der Waals surface area (Å²) in [6, 6.07) is 12.0. The van der Waals surface area contributed by atoms with Crippen molar-refractivity contribution in [2.24, 2.45) is 0 Å². The lowest BCUT2D eigenvalue weighted by Gasteiger charge is -2.38. The van der Waals surface area contributed by atoms with Crippen LogP contribution in [0.3, 0.4) is 0 Å². The highest BCUT2D eigenvalue weighted by molar-refractivity contribution is 7.80. The van der Waals surface area contributed by atoms with Gasteiger partial charge in [0.05, 0.1) is 13.2 Å². The molecule has 1 aliphatic heterocycles. The first-order chi connectivity index (χ1) is 11.9. The fourth-order valence-electron chi connectivity index (χ4n) is 2.98. The van der Waals surface area contributed by atoms with Gasteiger partial charge in [-0.2, -0.15) is 0 Å². The van der Waals surface area contributed by atoms with Crippen molar-refractivity contribution < 1.29 is 13.9 Å². The molecule has 2 aromatic carbocycles. The van der Waals surface area contributed by atoms with Crippen LogP contribution in [0.1, 0.15) is 31.9 Å². The third-order valence-corrected chi connectivity index (χ3v) is 4.29. The van der Waals surface area contributed by atoms with Crippen molar-refractivity contribution in [3.8, 4) is 11.5 Å². The SMILES string of the molecule is COc1ccc2c(c1)OC(C)(C)C[C@H]2NC(=S)Nc1cccc(F)c1. The van der Waals surface area contributed by atoms with Gasteiger partial charge in [-0.25, -0.2) is 4.39 Å². The van der Waals surface area contributed by atoms with Crippen LogP contribution in [-0.4, -0.2) is 17.8 Å². The summed E-state index contributed by atoms with van der Waals surface area (Å²) in [7, 11) is 1.63. The van der Waals surface area contributed by atoms with Gasteiger partial charge in [-0.3, -0.25) is 0 Å². The second-order valence-corrected chi connectivity index (χ2v) is 7.04. The van der Waals surface area contributed by atoms with Crippen molar-refractivity contribution in [1.29, 1.82) is 0 Å². The van der Waals surface area contributed by atoms with Gasteiger partial charge in [0, 0.05) is 23.7 Å². The van der Waals surface area contributed by atoms with E-state index in [0.29, 0.717) is 10.8 Å². The molecule has 0 unspecified atom stereocenters. The maximum Gasteiger partial charge on any atom is 0.171 e. The van der Waals surface area contributed by atoms with Crippen LogP contribution in [0.4, 0.5) is 10.1 Å². The molecule has 0 aromatic heterocycles. The molecule has 0 spiro atoms. The van der Waals surface area contributed by atoms with Crippen molar-refractivity contribution in [3.05, 3.63) is 53.8 Å². The first kappa shape index (κ1) is 17.5. The van der Waals surface area contributed by atoms with E-state index in [1.165, 1.54) is 12.1 Å². The van der Waals surface area contributed by atoms with Gasteiger partial charge in [-0.1, -0.05) is 6.07 Å². The molecule has 2 aromatic rings. The van der Waals surface area contributed by atoms with Gasteiger partial charge in [0.1, 0.15) is 22.9 Å². The molecule has 0 saturated heterocycles. The van der Waals surface area contributed by atoms with Crippen molar-refractivity contribution in [2.75, 3.05) is 12.4 Å². The zero-order valence-corrected chi connectivity index (χ0v) is 15.2. The fourth-order valence-corrected chi connectivity index (χ4v) is 3.24. The number of rotatable bonds is 3. The molecule has 0 radical (unpaired) electrons. The van der Waals surface area contributed by atoms with E-state index in [4.69, 9.17) is 21.7 Å². The molecule has 0 aliphatic carbocycles. The van der Waals surface area contributed by atoms with E-state index in [1.54, 1.807) is 19.2 Å². The molecular formula is C19H21FN2O2S. The summed E-state index contributed by atoms with van der Waals surface area (Å²) in [6.45, 7) is 4.07. The third kappa shape index (κ3) is 4.20. The molecule has 0 amide bonds. The maximum absolute atomic E-state index is 13.3. The van der Waals surface area contributed by atoms with Crippen molar-refractivity contribution >= 4 is 23.0 Å². The van der Waals surface area contributed by atoms with Gasteiger partial charge >= 0.3 is 0 Å². The Labute approximate surface area is 152 Å². The second kappa shape index (κ2) is 6.88. The zero-order valence-electron chi connectivity index (χ0n) is 14.4. The van der Waals surface area contributed by atoms with E-state index >= 15 is 0 Å². The first-order valence-electron chi connectivity index (χ1n) is 8.06. The van der Waals surface area contributed by atoms with E-state index < -0.39 is 0 Å². The molecule has 4 nitrogen and oxygen atoms in total. The van der Waals surface area contributed by atoms with Crippen molar-refractivity contribution in [1.82, 2.24) is 5.32 Å². The molecule has 0 fully saturated rings. The number of halogens is 1. The van der Waals surface area contributed by atoms with Gasteiger partial charge in [-0.15, -0.1) is 0 Å². The number of ether oxygens (including phenoxy) is 2. The Morgan fingerprint density at radius 3 is 2.80 bits per heavy atom. The molecule has 0 bridgehead atoms. The monoisotopic (exact) mass is 360 g/mol. The smallest absolute Gasteiger partial charge is 0.171 e. The average molecular weight is 360 g/mol. The maximum atomic E-state index is 13.3. The zero-order chi connectivity index (χ0) is 18.0. The van der Waals surface area contributed by atoms with Gasteiger partial charge < -0.3 is 20.1 Å². The van der Waals surface area contributed by atoms with E-state index in [9.17, 15) is 4.39 Å². The molecule has 1 aliphatic rings. The molecule has 3 rings (SSSR count). The molecule has 1 atom stereocenters. The van der Waals surface area contributed by atoms with E-state index in [-0.39, 0.29) is 17.5 Å². The van der Waals surface area contributed by atoms with Crippen LogP contribution < -0.4 is 20.1 Å². The number of thiocarbonyl (C=S) groups is 1. The van der Waals surface area contributed by atoms with Crippen LogP contribution in [-0.2, 0) is 0 Å². The van der Waals surface area contributed by atoms with Crippen LogP contribution in [0.2, 0.25) is 0 Å². The minimum atomic E-state index is -0.342. The number of hydrogen-bond acceptors (Lipinski definition) is 3. The summed E-state index contributed by atoms with van der Waals surface area (Å²) < 4.78 is 24.7. The lowest BCUT2D eigenvalue weighted by atomic mass is 9.89. The number of nitrogens with one attached hydrogen (secondary N) is 2. The quantitative estimate of drug-likeness (QED) is 0.793. The standard InChI is InChI=1S/C19H21FN2O2S/c1-19(2)11-16(15-8-7-14(23-3)10-17(15)24-19)22-18(25)21-13-6-4-5-12(20)9-13/h4-10,16H,11H2,1-3H3,(H2,21,22,25)/t16-/m1/s1. The summed E-state index contributed by atoms with van der Waals surface area (Å²) in [5.74, 6) is 1.22. The molecule has 132 valence electrons. The molecule has 1 heterocycles. The number of benzene rings is 2. The first-order valence-corrected chi connectivity index (χ1v) is 8.47. The highest BCUT2D eigenvalue weighted by Gasteiger charge is 2.34. The summed E-state index contributed by atoms with van der Waals surface area (Å²) in [5.41, 5.74) is 1.29. The number of hydrogen-bond donors (Lipinski definition) is 2. The fraction of sp³-hybridized carbons (Fsp3) is 0.316. The van der Waals surface area contributed by atoms with Crippen LogP contribution in [0, 0.1) is 5.82 Å². The normalized spacial score (nSPS) is 17.8. The van der Waals surface area contributed by atoms with Crippen molar-refractivity contribution in [2.45, 2.75) is 31.9 Å². The van der Waals surface area contributed by atoms with Gasteiger partial charge in [0.2, 0.25) is 0 Å². The van der Waals surface area contributed by atoms with Crippen LogP contribution in [0.5, 0.6) is 11.5 Å². The molecule has 25 heavy (non-hydrogen) atoms. The van der Waals surface area contributed by atoms with E-state index in [0.717, 1.165) is 23.5 Å². The number of anilines is 1. The second-order valence-electron chi connectivity index (χ2n) is 6.63. The number of fused-ring (bicyclic) bond motifs is 1. The van der Waals surface area contributed by atoms with E-state index in [1.807, 2.05) is 32.0 Å². The predicted molar refractivity (Wildman–Crippen MR) is 101 cm³/mol. The van der Waals surface area contributed by atoms with Crippen LogP contribution in [0.15, 0.2) is 42.5 Å². The predicted octanol–water partition coefficient (Wildman–Crippen LogP) is 4.42. The minimum Gasteiger partial charge on any atom is -0.497 e. The highest BCUT2D eigenvalue weighted by Crippen LogP contribution is 2.41. The molecule has 6 heteroatoms. The average Bonchev–Trinajstić information content (AvgIpc) is 2.53. The lowest BCUT2D eigenvalue weighted by Crippen LogP contribution is -2.42. The molecule has 0 saturated carbocycles. The Balaban J connectivity index is 1.79. The van der Waals surface area contributed by atoms with Gasteiger partial charge in [0.25, 0.3) is 0 Å².